The van der Waals surface area contributed by atoms with Crippen molar-refractivity contribution in [1.29, 1.82) is 0 Å². The Morgan fingerprint density at radius 3 is 2.78 bits per heavy atom. The van der Waals surface area contributed by atoms with E-state index in [2.05, 4.69) is 4.98 Å². The van der Waals surface area contributed by atoms with Gasteiger partial charge in [0.2, 0.25) is 11.7 Å². The minimum atomic E-state index is -1.18. The van der Waals surface area contributed by atoms with Crippen molar-refractivity contribution < 1.29 is 18.7 Å². The van der Waals surface area contributed by atoms with Gasteiger partial charge in [-0.25, -0.2) is 14.2 Å². The maximum absolute atomic E-state index is 13.0. The normalized spacial score (nSPS) is 10.6. The Labute approximate surface area is 107 Å². The lowest BCUT2D eigenvalue weighted by molar-refractivity contribution is 0.0662. The first-order chi connectivity index (χ1) is 8.52. The molecule has 94 valence electrons. The Bertz CT molecular complexity index is 609. The molecular formula is C12H9ClFNO3. The summed E-state index contributed by atoms with van der Waals surface area (Å²) in [7, 11) is 0. The molecule has 1 aromatic heterocycles. The highest BCUT2D eigenvalue weighted by Crippen LogP contribution is 2.26. The van der Waals surface area contributed by atoms with E-state index < -0.39 is 11.8 Å². The molecule has 0 aliphatic carbocycles. The lowest BCUT2D eigenvalue weighted by atomic mass is 10.2. The number of aromatic carboxylic acids is 1. The summed E-state index contributed by atoms with van der Waals surface area (Å²) in [6.07, 6.45) is 0.431. The van der Waals surface area contributed by atoms with Crippen molar-refractivity contribution in [1.82, 2.24) is 4.98 Å². The van der Waals surface area contributed by atoms with Crippen molar-refractivity contribution in [2.24, 2.45) is 0 Å². The summed E-state index contributed by atoms with van der Waals surface area (Å²) in [5, 5.41) is 8.87. The Balaban J connectivity index is 2.50. The molecule has 0 saturated carbocycles. The maximum atomic E-state index is 13.0. The van der Waals surface area contributed by atoms with E-state index >= 15 is 0 Å². The minimum Gasteiger partial charge on any atom is -0.475 e. The highest BCUT2D eigenvalue weighted by atomic mass is 35.5. The molecule has 2 aromatic rings. The number of hydrogen-bond donors (Lipinski definition) is 1. The number of aryl methyl sites for hydroxylation is 1. The number of oxazole rings is 1. The number of halogens is 2. The zero-order valence-corrected chi connectivity index (χ0v) is 10.2. The van der Waals surface area contributed by atoms with E-state index in [1.54, 1.807) is 6.92 Å². The van der Waals surface area contributed by atoms with Crippen LogP contribution in [-0.4, -0.2) is 16.1 Å². The largest absolute Gasteiger partial charge is 0.475 e. The quantitative estimate of drug-likeness (QED) is 0.927. The summed E-state index contributed by atoms with van der Waals surface area (Å²) < 4.78 is 18.2. The molecule has 0 spiro atoms. The average Bonchev–Trinajstić information content (AvgIpc) is 2.77. The molecule has 6 heteroatoms. The molecule has 18 heavy (non-hydrogen) atoms. The number of carboxylic acid groups (broad SMARTS) is 1. The van der Waals surface area contributed by atoms with Crippen molar-refractivity contribution in [3.63, 3.8) is 0 Å². The average molecular weight is 270 g/mol. The van der Waals surface area contributed by atoms with E-state index in [1.165, 1.54) is 18.2 Å². The van der Waals surface area contributed by atoms with Crippen LogP contribution in [0.15, 0.2) is 22.6 Å². The van der Waals surface area contributed by atoms with Crippen molar-refractivity contribution in [2.45, 2.75) is 13.3 Å². The molecule has 1 heterocycles. The zero-order valence-electron chi connectivity index (χ0n) is 9.41. The van der Waals surface area contributed by atoms with Crippen molar-refractivity contribution in [2.75, 3.05) is 0 Å². The van der Waals surface area contributed by atoms with E-state index in [1.807, 2.05) is 0 Å². The van der Waals surface area contributed by atoms with E-state index in [0.717, 1.165) is 0 Å². The fourth-order valence-electron chi connectivity index (χ4n) is 1.51. The zero-order chi connectivity index (χ0) is 13.3. The molecule has 0 fully saturated rings. The van der Waals surface area contributed by atoms with Gasteiger partial charge in [-0.15, -0.1) is 0 Å². The van der Waals surface area contributed by atoms with Crippen LogP contribution in [0.1, 0.15) is 23.2 Å². The SMILES string of the molecule is CCc1nc(-c2ccc(F)c(Cl)c2)oc1C(=O)O. The van der Waals surface area contributed by atoms with Gasteiger partial charge in [0.1, 0.15) is 5.82 Å². The van der Waals surface area contributed by atoms with E-state index in [-0.39, 0.29) is 16.7 Å². The minimum absolute atomic E-state index is 0.0689. The fourth-order valence-corrected chi connectivity index (χ4v) is 1.69. The van der Waals surface area contributed by atoms with Gasteiger partial charge >= 0.3 is 5.97 Å². The number of carboxylic acids is 1. The number of benzene rings is 1. The van der Waals surface area contributed by atoms with Crippen molar-refractivity contribution >= 4 is 17.6 Å². The third-order valence-electron chi connectivity index (χ3n) is 2.39. The van der Waals surface area contributed by atoms with Gasteiger partial charge in [-0.3, -0.25) is 0 Å². The molecule has 0 amide bonds. The topological polar surface area (TPSA) is 63.3 Å². The second kappa shape index (κ2) is 4.78. The van der Waals surface area contributed by atoms with Crippen LogP contribution < -0.4 is 0 Å². The number of carbonyl (C=O) groups is 1. The van der Waals surface area contributed by atoms with Crippen LogP contribution in [-0.2, 0) is 6.42 Å². The maximum Gasteiger partial charge on any atom is 0.373 e. The van der Waals surface area contributed by atoms with Gasteiger partial charge in [-0.05, 0) is 24.6 Å². The third-order valence-corrected chi connectivity index (χ3v) is 2.68. The van der Waals surface area contributed by atoms with Crippen LogP contribution >= 0.6 is 11.6 Å². The highest BCUT2D eigenvalue weighted by molar-refractivity contribution is 6.31. The van der Waals surface area contributed by atoms with E-state index in [4.69, 9.17) is 21.1 Å². The van der Waals surface area contributed by atoms with Gasteiger partial charge in [0, 0.05) is 5.56 Å². The van der Waals surface area contributed by atoms with Gasteiger partial charge in [-0.1, -0.05) is 18.5 Å². The second-order valence-electron chi connectivity index (χ2n) is 3.58. The highest BCUT2D eigenvalue weighted by Gasteiger charge is 2.19. The summed E-state index contributed by atoms with van der Waals surface area (Å²) in [6, 6.07) is 3.94. The molecule has 0 aliphatic rings. The van der Waals surface area contributed by atoms with Gasteiger partial charge < -0.3 is 9.52 Å². The molecule has 2 rings (SSSR count). The fraction of sp³-hybridized carbons (Fsp3) is 0.167. The third kappa shape index (κ3) is 2.22. The smallest absolute Gasteiger partial charge is 0.373 e. The first-order valence-corrected chi connectivity index (χ1v) is 5.59. The molecule has 0 radical (unpaired) electrons. The van der Waals surface area contributed by atoms with Crippen LogP contribution in [0, 0.1) is 5.82 Å². The molecule has 0 unspecified atom stereocenters. The molecule has 1 aromatic carbocycles. The second-order valence-corrected chi connectivity index (χ2v) is 3.99. The van der Waals surface area contributed by atoms with Crippen molar-refractivity contribution in [3.05, 3.63) is 40.5 Å². The van der Waals surface area contributed by atoms with Crippen molar-refractivity contribution in [3.8, 4) is 11.5 Å². The summed E-state index contributed by atoms with van der Waals surface area (Å²) in [4.78, 5) is 15.0. The molecule has 0 atom stereocenters. The van der Waals surface area contributed by atoms with E-state index in [9.17, 15) is 9.18 Å². The Morgan fingerprint density at radius 1 is 1.56 bits per heavy atom. The molecule has 0 saturated heterocycles. The standard InChI is InChI=1S/C12H9ClFNO3/c1-2-9-10(12(16)17)18-11(15-9)6-3-4-8(14)7(13)5-6/h3-5H,2H2,1H3,(H,16,17). The van der Waals surface area contributed by atoms with Crippen LogP contribution in [0.3, 0.4) is 0 Å². The number of aromatic nitrogens is 1. The molecule has 0 aliphatic heterocycles. The summed E-state index contributed by atoms with van der Waals surface area (Å²) in [6.45, 7) is 1.77. The predicted molar refractivity (Wildman–Crippen MR) is 63.2 cm³/mol. The predicted octanol–water partition coefficient (Wildman–Crippen LogP) is 3.39. The number of rotatable bonds is 3. The van der Waals surface area contributed by atoms with Gasteiger partial charge in [0.25, 0.3) is 0 Å². The number of nitrogens with zero attached hydrogens (tertiary/aromatic N) is 1. The first kappa shape index (κ1) is 12.6. The summed E-state index contributed by atoms with van der Waals surface area (Å²) >= 11 is 5.65. The molecule has 4 nitrogen and oxygen atoms in total. The summed E-state index contributed by atoms with van der Waals surface area (Å²) in [5.74, 6) is -1.82. The van der Waals surface area contributed by atoms with Gasteiger partial charge in [0.05, 0.1) is 10.7 Å². The molecular weight excluding hydrogens is 261 g/mol. The molecule has 1 N–H and O–H groups in total. The van der Waals surface area contributed by atoms with Crippen LogP contribution in [0.25, 0.3) is 11.5 Å². The van der Waals surface area contributed by atoms with Crippen LogP contribution in [0.4, 0.5) is 4.39 Å². The Morgan fingerprint density at radius 2 is 2.28 bits per heavy atom. The van der Waals surface area contributed by atoms with Crippen LogP contribution in [0.2, 0.25) is 5.02 Å². The molecule has 0 bridgehead atoms. The van der Waals surface area contributed by atoms with Crippen LogP contribution in [0.5, 0.6) is 0 Å². The van der Waals surface area contributed by atoms with Gasteiger partial charge in [0.15, 0.2) is 0 Å². The van der Waals surface area contributed by atoms with E-state index in [0.29, 0.717) is 17.7 Å². The Hall–Kier alpha value is -1.88. The monoisotopic (exact) mass is 269 g/mol. The van der Waals surface area contributed by atoms with Gasteiger partial charge in [-0.2, -0.15) is 0 Å². The first-order valence-electron chi connectivity index (χ1n) is 5.21. The Kier molecular flexibility index (Phi) is 3.34. The summed E-state index contributed by atoms with van der Waals surface area (Å²) in [5.41, 5.74) is 0.779. The lowest BCUT2D eigenvalue weighted by Gasteiger charge is -1.97. The number of hydrogen-bond acceptors (Lipinski definition) is 3. The lowest BCUT2D eigenvalue weighted by Crippen LogP contribution is -1.98.